The van der Waals surface area contributed by atoms with E-state index in [-0.39, 0.29) is 0 Å². The van der Waals surface area contributed by atoms with E-state index in [2.05, 4.69) is 53.3 Å². The van der Waals surface area contributed by atoms with Crippen LogP contribution in [0.5, 0.6) is 0 Å². The Hall–Kier alpha value is -4.59. The summed E-state index contributed by atoms with van der Waals surface area (Å²) < 4.78 is 0. The van der Waals surface area contributed by atoms with Crippen LogP contribution in [-0.4, -0.2) is 49.2 Å². The number of fused-ring (bicyclic) bond motifs is 2. The van der Waals surface area contributed by atoms with Gasteiger partial charge in [-0.05, 0) is 36.4 Å². The molecular formula is C25H20N8. The van der Waals surface area contributed by atoms with E-state index < -0.39 is 0 Å². The lowest BCUT2D eigenvalue weighted by molar-refractivity contribution is 1.10. The smallest absolute Gasteiger partial charge is 0.155 e. The lowest BCUT2D eigenvalue weighted by atomic mass is 10.1. The van der Waals surface area contributed by atoms with Gasteiger partial charge in [0, 0.05) is 78.1 Å². The molecule has 0 saturated carbocycles. The molecule has 33 heavy (non-hydrogen) atoms. The molecule has 8 heteroatoms. The summed E-state index contributed by atoms with van der Waals surface area (Å²) in [6.45, 7) is 0. The van der Waals surface area contributed by atoms with Crippen molar-refractivity contribution < 1.29 is 0 Å². The summed E-state index contributed by atoms with van der Waals surface area (Å²) in [6, 6.07) is 12.2. The second kappa shape index (κ2) is 7.52. The van der Waals surface area contributed by atoms with E-state index in [9.17, 15) is 0 Å². The Morgan fingerprint density at radius 3 is 2.42 bits per heavy atom. The Morgan fingerprint density at radius 1 is 0.727 bits per heavy atom. The van der Waals surface area contributed by atoms with E-state index in [1.807, 2.05) is 62.0 Å². The summed E-state index contributed by atoms with van der Waals surface area (Å²) in [5, 5.41) is 9.59. The molecule has 0 fully saturated rings. The lowest BCUT2D eigenvalue weighted by Gasteiger charge is -2.12. The number of hydrogen-bond acceptors (Lipinski definition) is 6. The van der Waals surface area contributed by atoms with Gasteiger partial charge in [0.1, 0.15) is 5.69 Å². The fourth-order valence-corrected chi connectivity index (χ4v) is 4.02. The van der Waals surface area contributed by atoms with Gasteiger partial charge in [0.15, 0.2) is 5.65 Å². The molecule has 6 rings (SSSR count). The fraction of sp³-hybridized carbons (Fsp3) is 0.0800. The minimum Gasteiger partial charge on any atom is -0.376 e. The Labute approximate surface area is 189 Å². The molecule has 0 aliphatic heterocycles. The first-order valence-corrected chi connectivity index (χ1v) is 10.5. The van der Waals surface area contributed by atoms with E-state index in [4.69, 9.17) is 0 Å². The summed E-state index contributed by atoms with van der Waals surface area (Å²) in [7, 11) is 4.00. The number of anilines is 1. The van der Waals surface area contributed by atoms with Crippen LogP contribution in [0.2, 0.25) is 0 Å². The first kappa shape index (κ1) is 19.1. The number of nitrogens with zero attached hydrogens (tertiary/aromatic N) is 6. The highest BCUT2D eigenvalue weighted by molar-refractivity contribution is 5.99. The molecule has 6 aromatic rings. The SMILES string of the molecule is CN(C)c1cncc(-c2cnc3[nH]nc(-c4cc5c(-c6ccncc6)nccc5[nH]4)c3c2)c1. The largest absolute Gasteiger partial charge is 0.376 e. The highest BCUT2D eigenvalue weighted by atomic mass is 15.2. The number of aromatic amines is 2. The molecule has 0 aliphatic carbocycles. The number of H-pyrrole nitrogens is 2. The third-order valence-corrected chi connectivity index (χ3v) is 5.75. The van der Waals surface area contributed by atoms with Crippen LogP contribution >= 0.6 is 0 Å². The summed E-state index contributed by atoms with van der Waals surface area (Å²) in [4.78, 5) is 23.2. The molecule has 0 aliphatic rings. The topological polar surface area (TPSA) is 99.3 Å². The quantitative estimate of drug-likeness (QED) is 0.419. The summed E-state index contributed by atoms with van der Waals surface area (Å²) in [5.41, 5.74) is 8.39. The Balaban J connectivity index is 1.48. The van der Waals surface area contributed by atoms with Crippen LogP contribution in [-0.2, 0) is 0 Å². The molecule has 6 heterocycles. The van der Waals surface area contributed by atoms with Gasteiger partial charge in [-0.1, -0.05) is 0 Å². The molecule has 0 unspecified atom stereocenters. The predicted octanol–water partition coefficient (Wildman–Crippen LogP) is 4.69. The highest BCUT2D eigenvalue weighted by Crippen LogP contribution is 2.33. The molecule has 0 spiro atoms. The first-order valence-electron chi connectivity index (χ1n) is 10.5. The van der Waals surface area contributed by atoms with Crippen molar-refractivity contribution in [2.24, 2.45) is 0 Å². The third-order valence-electron chi connectivity index (χ3n) is 5.75. The van der Waals surface area contributed by atoms with Crippen molar-refractivity contribution >= 4 is 27.6 Å². The lowest BCUT2D eigenvalue weighted by Crippen LogP contribution is -2.08. The second-order valence-corrected chi connectivity index (χ2v) is 8.06. The van der Waals surface area contributed by atoms with Crippen molar-refractivity contribution in [1.29, 1.82) is 0 Å². The first-order chi connectivity index (χ1) is 16.2. The molecule has 0 atom stereocenters. The van der Waals surface area contributed by atoms with Crippen LogP contribution in [0, 0.1) is 0 Å². The van der Waals surface area contributed by atoms with Gasteiger partial charge in [-0.3, -0.25) is 20.1 Å². The van der Waals surface area contributed by atoms with Crippen molar-refractivity contribution in [2.75, 3.05) is 19.0 Å². The molecule has 6 aromatic heterocycles. The molecule has 0 bridgehead atoms. The van der Waals surface area contributed by atoms with Gasteiger partial charge in [0.05, 0.1) is 23.3 Å². The van der Waals surface area contributed by atoms with Gasteiger partial charge in [0.2, 0.25) is 0 Å². The number of hydrogen-bond donors (Lipinski definition) is 2. The van der Waals surface area contributed by atoms with Crippen molar-refractivity contribution in [3.05, 3.63) is 73.6 Å². The molecule has 0 aromatic carbocycles. The average Bonchev–Trinajstić information content (AvgIpc) is 3.48. The standard InChI is InChI=1S/C25H20N8/c1-33(2)18-9-16(12-27-14-18)17-10-20-24(31-32-25(20)29-13-17)22-11-19-21(30-22)5-8-28-23(19)15-3-6-26-7-4-15/h3-14,30H,1-2H3,(H,29,31,32). The zero-order valence-corrected chi connectivity index (χ0v) is 18.1. The van der Waals surface area contributed by atoms with Crippen molar-refractivity contribution in [3.8, 4) is 33.8 Å². The van der Waals surface area contributed by atoms with E-state index in [1.165, 1.54) is 0 Å². The second-order valence-electron chi connectivity index (χ2n) is 8.06. The predicted molar refractivity (Wildman–Crippen MR) is 130 cm³/mol. The van der Waals surface area contributed by atoms with E-state index in [0.29, 0.717) is 0 Å². The molecule has 0 amide bonds. The van der Waals surface area contributed by atoms with Crippen LogP contribution in [0.3, 0.4) is 0 Å². The normalized spacial score (nSPS) is 11.3. The average molecular weight is 432 g/mol. The minimum atomic E-state index is 0.733. The van der Waals surface area contributed by atoms with Crippen LogP contribution < -0.4 is 4.90 Å². The van der Waals surface area contributed by atoms with Crippen LogP contribution in [0.4, 0.5) is 5.69 Å². The maximum Gasteiger partial charge on any atom is 0.155 e. The van der Waals surface area contributed by atoms with Crippen molar-refractivity contribution in [2.45, 2.75) is 0 Å². The monoisotopic (exact) mass is 432 g/mol. The minimum absolute atomic E-state index is 0.733. The Bertz CT molecular complexity index is 1600. The molecule has 0 saturated heterocycles. The number of rotatable bonds is 4. The highest BCUT2D eigenvalue weighted by Gasteiger charge is 2.15. The summed E-state index contributed by atoms with van der Waals surface area (Å²) in [6.07, 6.45) is 10.9. The molecule has 0 radical (unpaired) electrons. The van der Waals surface area contributed by atoms with Crippen LogP contribution in [0.15, 0.2) is 73.6 Å². The van der Waals surface area contributed by atoms with E-state index in [0.717, 1.165) is 61.4 Å². The molecule has 8 nitrogen and oxygen atoms in total. The van der Waals surface area contributed by atoms with E-state index >= 15 is 0 Å². The van der Waals surface area contributed by atoms with Crippen LogP contribution in [0.1, 0.15) is 0 Å². The Morgan fingerprint density at radius 2 is 1.58 bits per heavy atom. The maximum atomic E-state index is 4.61. The molecular weight excluding hydrogens is 412 g/mol. The summed E-state index contributed by atoms with van der Waals surface area (Å²) >= 11 is 0. The zero-order chi connectivity index (χ0) is 22.4. The number of nitrogens with one attached hydrogen (secondary N) is 2. The third kappa shape index (κ3) is 3.28. The van der Waals surface area contributed by atoms with Gasteiger partial charge in [-0.25, -0.2) is 4.98 Å². The van der Waals surface area contributed by atoms with E-state index in [1.54, 1.807) is 12.4 Å². The molecule has 160 valence electrons. The van der Waals surface area contributed by atoms with Gasteiger partial charge < -0.3 is 9.88 Å². The summed E-state index contributed by atoms with van der Waals surface area (Å²) in [5.74, 6) is 0. The Kier molecular flexibility index (Phi) is 4.36. The number of aromatic nitrogens is 7. The van der Waals surface area contributed by atoms with Gasteiger partial charge in [-0.15, -0.1) is 0 Å². The fourth-order valence-electron chi connectivity index (χ4n) is 4.02. The van der Waals surface area contributed by atoms with Gasteiger partial charge >= 0.3 is 0 Å². The van der Waals surface area contributed by atoms with Crippen molar-refractivity contribution in [3.63, 3.8) is 0 Å². The zero-order valence-electron chi connectivity index (χ0n) is 18.1. The van der Waals surface area contributed by atoms with Gasteiger partial charge in [0.25, 0.3) is 0 Å². The van der Waals surface area contributed by atoms with Gasteiger partial charge in [-0.2, -0.15) is 5.10 Å². The maximum absolute atomic E-state index is 4.61. The van der Waals surface area contributed by atoms with Crippen LogP contribution in [0.25, 0.3) is 55.7 Å². The molecule has 2 N–H and O–H groups in total. The number of pyridine rings is 4. The van der Waals surface area contributed by atoms with Crippen molar-refractivity contribution in [1.82, 2.24) is 35.1 Å².